The van der Waals surface area contributed by atoms with Crippen LogP contribution in [-0.4, -0.2) is 35.5 Å². The number of hydrogen-bond acceptors (Lipinski definition) is 4. The van der Waals surface area contributed by atoms with Gasteiger partial charge in [0.25, 0.3) is 0 Å². The fraction of sp³-hybridized carbons (Fsp3) is 0.368. The Kier molecular flexibility index (Phi) is 5.61. The largest absolute Gasteiger partial charge is 0.508 e. The molecule has 0 saturated heterocycles. The molecule has 2 atom stereocenters. The Balaban J connectivity index is 1.44. The van der Waals surface area contributed by atoms with E-state index in [4.69, 9.17) is 16.3 Å². The maximum absolute atomic E-state index is 10.1. The summed E-state index contributed by atoms with van der Waals surface area (Å²) in [7, 11) is 0. The van der Waals surface area contributed by atoms with Gasteiger partial charge in [0, 0.05) is 17.6 Å². The first-order valence-corrected chi connectivity index (χ1v) is 8.58. The lowest BCUT2D eigenvalue weighted by Gasteiger charge is -2.26. The monoisotopic (exact) mass is 347 g/mol. The van der Waals surface area contributed by atoms with Crippen molar-refractivity contribution in [3.05, 3.63) is 58.6 Å². The lowest BCUT2D eigenvalue weighted by Crippen LogP contribution is -2.40. The first-order chi connectivity index (χ1) is 11.6. The zero-order valence-electron chi connectivity index (χ0n) is 13.4. The van der Waals surface area contributed by atoms with Crippen LogP contribution < -0.4 is 10.1 Å². The van der Waals surface area contributed by atoms with Crippen LogP contribution in [0.2, 0.25) is 5.02 Å². The second kappa shape index (κ2) is 7.88. The number of ether oxygens (including phenoxy) is 1. The summed E-state index contributed by atoms with van der Waals surface area (Å²) >= 11 is 5.90. The maximum Gasteiger partial charge on any atom is 0.120 e. The molecule has 0 amide bonds. The number of phenols is 1. The second-order valence-electron chi connectivity index (χ2n) is 6.22. The molecule has 0 saturated carbocycles. The summed E-state index contributed by atoms with van der Waals surface area (Å²) in [5.41, 5.74) is 2.49. The molecule has 0 heterocycles. The number of aliphatic hydroxyl groups excluding tert-OH is 1. The summed E-state index contributed by atoms with van der Waals surface area (Å²) in [5.74, 6) is 0.966. The van der Waals surface area contributed by atoms with E-state index in [1.165, 1.54) is 11.1 Å². The van der Waals surface area contributed by atoms with E-state index in [0.29, 0.717) is 29.1 Å². The van der Waals surface area contributed by atoms with E-state index in [0.717, 1.165) is 19.3 Å². The minimum atomic E-state index is -0.588. The smallest absolute Gasteiger partial charge is 0.120 e. The van der Waals surface area contributed by atoms with Gasteiger partial charge < -0.3 is 20.3 Å². The molecule has 2 aromatic rings. The third-order valence-corrected chi connectivity index (χ3v) is 4.53. The molecule has 0 aliphatic heterocycles. The van der Waals surface area contributed by atoms with E-state index < -0.39 is 6.10 Å². The van der Waals surface area contributed by atoms with Crippen LogP contribution in [0.25, 0.3) is 0 Å². The molecule has 2 unspecified atom stereocenters. The van der Waals surface area contributed by atoms with Gasteiger partial charge in [0.1, 0.15) is 24.2 Å². The number of fused-ring (bicyclic) bond motifs is 1. The lowest BCUT2D eigenvalue weighted by molar-refractivity contribution is 0.103. The Labute approximate surface area is 147 Å². The number of rotatable bonds is 6. The minimum Gasteiger partial charge on any atom is -0.508 e. The van der Waals surface area contributed by atoms with E-state index in [1.807, 2.05) is 24.3 Å². The predicted octanol–water partition coefficient (Wildman–Crippen LogP) is 2.93. The van der Waals surface area contributed by atoms with Gasteiger partial charge in [-0.3, -0.25) is 0 Å². The Morgan fingerprint density at radius 1 is 1.21 bits per heavy atom. The van der Waals surface area contributed by atoms with Crippen molar-refractivity contribution in [2.75, 3.05) is 13.2 Å². The van der Waals surface area contributed by atoms with E-state index >= 15 is 0 Å². The molecule has 0 fully saturated rings. The average Bonchev–Trinajstić information content (AvgIpc) is 2.58. The average molecular weight is 348 g/mol. The topological polar surface area (TPSA) is 61.7 Å². The van der Waals surface area contributed by atoms with Crippen molar-refractivity contribution >= 4 is 11.6 Å². The quantitative estimate of drug-likeness (QED) is 0.752. The summed E-state index contributed by atoms with van der Waals surface area (Å²) in [6.45, 7) is 0.691. The highest BCUT2D eigenvalue weighted by Crippen LogP contribution is 2.25. The minimum absolute atomic E-state index is 0.220. The van der Waals surface area contributed by atoms with Crippen LogP contribution in [0.5, 0.6) is 11.5 Å². The zero-order valence-corrected chi connectivity index (χ0v) is 14.2. The SMILES string of the molecule is Oc1ccc2c(c1)CC(NCC(O)COc1cccc(Cl)c1)CC2. The predicted molar refractivity (Wildman–Crippen MR) is 94.9 cm³/mol. The van der Waals surface area contributed by atoms with Crippen LogP contribution in [0.15, 0.2) is 42.5 Å². The molecule has 0 bridgehead atoms. The number of aryl methyl sites for hydroxylation is 1. The third-order valence-electron chi connectivity index (χ3n) is 4.30. The van der Waals surface area contributed by atoms with E-state index in [9.17, 15) is 10.2 Å². The Morgan fingerprint density at radius 3 is 2.92 bits per heavy atom. The molecular formula is C19H22ClNO3. The van der Waals surface area contributed by atoms with Gasteiger partial charge in [0.2, 0.25) is 0 Å². The van der Waals surface area contributed by atoms with Crippen molar-refractivity contribution < 1.29 is 14.9 Å². The molecule has 0 spiro atoms. The number of halogens is 1. The third kappa shape index (κ3) is 4.63. The van der Waals surface area contributed by atoms with Gasteiger partial charge in [-0.2, -0.15) is 0 Å². The molecule has 0 radical (unpaired) electrons. The molecule has 24 heavy (non-hydrogen) atoms. The lowest BCUT2D eigenvalue weighted by atomic mass is 9.88. The van der Waals surface area contributed by atoms with E-state index in [-0.39, 0.29) is 6.61 Å². The molecule has 3 rings (SSSR count). The zero-order chi connectivity index (χ0) is 16.9. The van der Waals surface area contributed by atoms with Gasteiger partial charge in [0.15, 0.2) is 0 Å². The van der Waals surface area contributed by atoms with Gasteiger partial charge in [-0.15, -0.1) is 0 Å². The van der Waals surface area contributed by atoms with Crippen LogP contribution >= 0.6 is 11.6 Å². The number of nitrogens with one attached hydrogen (secondary N) is 1. The van der Waals surface area contributed by atoms with Crippen LogP contribution in [0.4, 0.5) is 0 Å². The summed E-state index contributed by atoms with van der Waals surface area (Å²) in [4.78, 5) is 0. The molecule has 128 valence electrons. The molecule has 2 aromatic carbocycles. The van der Waals surface area contributed by atoms with Crippen molar-refractivity contribution in [2.45, 2.75) is 31.4 Å². The Hall–Kier alpha value is -1.75. The normalized spacial score (nSPS) is 18.0. The standard InChI is InChI=1S/C19H22ClNO3/c20-15-2-1-3-19(10-15)24-12-18(23)11-21-16-6-4-13-5-7-17(22)9-14(13)8-16/h1-3,5,7,9-10,16,18,21-23H,4,6,8,11-12H2. The first kappa shape index (κ1) is 17.1. The molecule has 3 N–H and O–H groups in total. The first-order valence-electron chi connectivity index (χ1n) is 8.21. The number of benzene rings is 2. The highest BCUT2D eigenvalue weighted by Gasteiger charge is 2.19. The summed E-state index contributed by atoms with van der Waals surface area (Å²) in [6, 6.07) is 13.0. The number of phenolic OH excluding ortho intramolecular Hbond substituents is 1. The Morgan fingerprint density at radius 2 is 2.08 bits per heavy atom. The van der Waals surface area contributed by atoms with Gasteiger partial charge in [-0.1, -0.05) is 23.7 Å². The van der Waals surface area contributed by atoms with Crippen molar-refractivity contribution in [1.82, 2.24) is 5.32 Å². The molecule has 4 nitrogen and oxygen atoms in total. The van der Waals surface area contributed by atoms with Crippen LogP contribution in [-0.2, 0) is 12.8 Å². The molecule has 5 heteroatoms. The fourth-order valence-corrected chi connectivity index (χ4v) is 3.21. The van der Waals surface area contributed by atoms with Gasteiger partial charge in [-0.25, -0.2) is 0 Å². The number of aromatic hydroxyl groups is 1. The van der Waals surface area contributed by atoms with Crippen molar-refractivity contribution in [1.29, 1.82) is 0 Å². The van der Waals surface area contributed by atoms with E-state index in [2.05, 4.69) is 5.32 Å². The van der Waals surface area contributed by atoms with Crippen molar-refractivity contribution in [3.63, 3.8) is 0 Å². The molecule has 1 aliphatic carbocycles. The van der Waals surface area contributed by atoms with Gasteiger partial charge in [-0.05, 0) is 60.7 Å². The molecule has 0 aromatic heterocycles. The van der Waals surface area contributed by atoms with Crippen LogP contribution in [0, 0.1) is 0 Å². The van der Waals surface area contributed by atoms with Crippen molar-refractivity contribution in [3.8, 4) is 11.5 Å². The highest BCUT2D eigenvalue weighted by molar-refractivity contribution is 6.30. The van der Waals surface area contributed by atoms with Crippen molar-refractivity contribution in [2.24, 2.45) is 0 Å². The highest BCUT2D eigenvalue weighted by atomic mass is 35.5. The number of aliphatic hydroxyl groups is 1. The Bertz CT molecular complexity index is 692. The fourth-order valence-electron chi connectivity index (χ4n) is 3.03. The van der Waals surface area contributed by atoms with Gasteiger partial charge >= 0.3 is 0 Å². The van der Waals surface area contributed by atoms with E-state index in [1.54, 1.807) is 18.2 Å². The van der Waals surface area contributed by atoms with Gasteiger partial charge in [0.05, 0.1) is 0 Å². The maximum atomic E-state index is 10.1. The molecule has 1 aliphatic rings. The summed E-state index contributed by atoms with van der Waals surface area (Å²) in [5, 5.41) is 23.7. The second-order valence-corrected chi connectivity index (χ2v) is 6.66. The van der Waals surface area contributed by atoms with Crippen LogP contribution in [0.1, 0.15) is 17.5 Å². The summed E-state index contributed by atoms with van der Waals surface area (Å²) in [6.07, 6.45) is 2.29. The number of hydrogen-bond donors (Lipinski definition) is 3. The molecular weight excluding hydrogens is 326 g/mol. The summed E-state index contributed by atoms with van der Waals surface area (Å²) < 4.78 is 5.55. The van der Waals surface area contributed by atoms with Crippen LogP contribution in [0.3, 0.4) is 0 Å².